The molecule has 0 saturated heterocycles. The highest BCUT2D eigenvalue weighted by Gasteiger charge is 2.24. The molecule has 0 bridgehead atoms. The maximum Gasteiger partial charge on any atom is 0.166 e. The number of nitrogens with zero attached hydrogens (tertiary/aromatic N) is 1. The minimum absolute atomic E-state index is 0.0142. The molecule has 4 heteroatoms. The van der Waals surface area contributed by atoms with Gasteiger partial charge in [0.25, 0.3) is 0 Å². The van der Waals surface area contributed by atoms with Crippen LogP contribution in [0.2, 0.25) is 5.02 Å². The Morgan fingerprint density at radius 1 is 1.11 bits per heavy atom. The molecule has 96 valence electrons. The van der Waals surface area contributed by atoms with Gasteiger partial charge in [0.1, 0.15) is 5.82 Å². The van der Waals surface area contributed by atoms with Gasteiger partial charge in [0, 0.05) is 29.2 Å². The lowest BCUT2D eigenvalue weighted by molar-refractivity contribution is 0.0981. The number of anilines is 2. The molecule has 0 amide bonds. The Kier molecular flexibility index (Phi) is 2.99. The SMILES string of the molecule is O=C1CCN(c2ccc(Cl)cc2)c2ccc(F)cc21. The van der Waals surface area contributed by atoms with E-state index in [0.717, 1.165) is 11.4 Å². The second-order valence-corrected chi connectivity index (χ2v) is 4.90. The van der Waals surface area contributed by atoms with E-state index in [1.165, 1.54) is 12.1 Å². The zero-order chi connectivity index (χ0) is 13.4. The Bertz CT molecular complexity index is 639. The summed E-state index contributed by atoms with van der Waals surface area (Å²) in [5, 5.41) is 0.663. The molecule has 19 heavy (non-hydrogen) atoms. The van der Waals surface area contributed by atoms with Crippen molar-refractivity contribution in [3.8, 4) is 0 Å². The number of halogens is 2. The lowest BCUT2D eigenvalue weighted by atomic mass is 9.99. The van der Waals surface area contributed by atoms with Crippen molar-refractivity contribution in [2.24, 2.45) is 0 Å². The zero-order valence-electron chi connectivity index (χ0n) is 10.1. The Labute approximate surface area is 115 Å². The first-order valence-electron chi connectivity index (χ1n) is 6.01. The van der Waals surface area contributed by atoms with Gasteiger partial charge in [-0.1, -0.05) is 11.6 Å². The molecule has 2 nitrogen and oxygen atoms in total. The fourth-order valence-electron chi connectivity index (χ4n) is 2.32. The third kappa shape index (κ3) is 2.22. The average molecular weight is 276 g/mol. The normalized spacial score (nSPS) is 14.4. The largest absolute Gasteiger partial charge is 0.340 e. The fraction of sp³-hybridized carbons (Fsp3) is 0.133. The first-order valence-corrected chi connectivity index (χ1v) is 6.39. The van der Waals surface area contributed by atoms with Crippen molar-refractivity contribution in [2.75, 3.05) is 11.4 Å². The second-order valence-electron chi connectivity index (χ2n) is 4.46. The van der Waals surface area contributed by atoms with E-state index in [0.29, 0.717) is 23.6 Å². The monoisotopic (exact) mass is 275 g/mol. The topological polar surface area (TPSA) is 20.3 Å². The van der Waals surface area contributed by atoms with E-state index in [9.17, 15) is 9.18 Å². The highest BCUT2D eigenvalue weighted by Crippen LogP contribution is 2.34. The van der Waals surface area contributed by atoms with Crippen LogP contribution in [0.5, 0.6) is 0 Å². The minimum Gasteiger partial charge on any atom is -0.340 e. The number of benzene rings is 2. The van der Waals surface area contributed by atoms with Crippen molar-refractivity contribution in [3.05, 3.63) is 58.9 Å². The van der Waals surface area contributed by atoms with Crippen LogP contribution < -0.4 is 4.90 Å². The summed E-state index contributed by atoms with van der Waals surface area (Å²) in [6.07, 6.45) is 0.388. The lowest BCUT2D eigenvalue weighted by Gasteiger charge is -2.30. The number of hydrogen-bond acceptors (Lipinski definition) is 2. The first-order chi connectivity index (χ1) is 9.15. The van der Waals surface area contributed by atoms with Crippen LogP contribution in [0.3, 0.4) is 0 Å². The Hall–Kier alpha value is -1.87. The smallest absolute Gasteiger partial charge is 0.166 e. The third-order valence-corrected chi connectivity index (χ3v) is 3.50. The van der Waals surface area contributed by atoms with Gasteiger partial charge in [0.05, 0.1) is 5.69 Å². The summed E-state index contributed by atoms with van der Waals surface area (Å²) >= 11 is 5.87. The van der Waals surface area contributed by atoms with Gasteiger partial charge in [-0.15, -0.1) is 0 Å². The van der Waals surface area contributed by atoms with E-state index in [-0.39, 0.29) is 11.6 Å². The summed E-state index contributed by atoms with van der Waals surface area (Å²) in [6.45, 7) is 0.596. The summed E-state index contributed by atoms with van der Waals surface area (Å²) in [6, 6.07) is 11.7. The van der Waals surface area contributed by atoms with Gasteiger partial charge >= 0.3 is 0 Å². The van der Waals surface area contributed by atoms with Crippen molar-refractivity contribution >= 4 is 28.8 Å². The van der Waals surface area contributed by atoms with E-state index >= 15 is 0 Å². The standard InChI is InChI=1S/C15H11ClFNO/c16-10-1-4-12(5-2-10)18-8-7-15(19)13-9-11(17)3-6-14(13)18/h1-6,9H,7-8H2. The molecule has 1 heterocycles. The Balaban J connectivity index is 2.08. The van der Waals surface area contributed by atoms with Crippen LogP contribution in [-0.4, -0.2) is 12.3 Å². The lowest BCUT2D eigenvalue weighted by Crippen LogP contribution is -2.28. The summed E-state index contributed by atoms with van der Waals surface area (Å²) in [5.74, 6) is -0.398. The van der Waals surface area contributed by atoms with Crippen molar-refractivity contribution in [1.29, 1.82) is 0 Å². The number of hydrogen-bond donors (Lipinski definition) is 0. The molecule has 2 aromatic carbocycles. The maximum absolute atomic E-state index is 13.3. The van der Waals surface area contributed by atoms with Gasteiger partial charge in [-0.2, -0.15) is 0 Å². The first kappa shape index (κ1) is 12.2. The van der Waals surface area contributed by atoms with Crippen LogP contribution in [0.15, 0.2) is 42.5 Å². The highest BCUT2D eigenvalue weighted by molar-refractivity contribution is 6.30. The molecule has 0 aliphatic carbocycles. The third-order valence-electron chi connectivity index (χ3n) is 3.25. The summed E-state index contributed by atoms with van der Waals surface area (Å²) < 4.78 is 13.3. The van der Waals surface area contributed by atoms with E-state index in [1.54, 1.807) is 18.2 Å². The van der Waals surface area contributed by atoms with Gasteiger partial charge in [-0.05, 0) is 42.5 Å². The second kappa shape index (κ2) is 4.67. The van der Waals surface area contributed by atoms with Crippen LogP contribution in [-0.2, 0) is 0 Å². The van der Waals surface area contributed by atoms with Crippen molar-refractivity contribution < 1.29 is 9.18 Å². The number of carbonyl (C=O) groups excluding carboxylic acids is 1. The Morgan fingerprint density at radius 2 is 1.84 bits per heavy atom. The van der Waals surface area contributed by atoms with Crippen LogP contribution in [0.25, 0.3) is 0 Å². The summed E-state index contributed by atoms with van der Waals surface area (Å²) in [4.78, 5) is 13.9. The van der Waals surface area contributed by atoms with Gasteiger partial charge in [0.15, 0.2) is 5.78 Å². The van der Waals surface area contributed by atoms with E-state index < -0.39 is 0 Å². The molecule has 0 unspecified atom stereocenters. The molecule has 0 saturated carbocycles. The molecular formula is C15H11ClFNO. The van der Waals surface area contributed by atoms with E-state index in [2.05, 4.69) is 0 Å². The highest BCUT2D eigenvalue weighted by atomic mass is 35.5. The molecule has 0 spiro atoms. The van der Waals surface area contributed by atoms with Gasteiger partial charge in [0.2, 0.25) is 0 Å². The molecular weight excluding hydrogens is 265 g/mol. The van der Waals surface area contributed by atoms with E-state index in [4.69, 9.17) is 11.6 Å². The number of carbonyl (C=O) groups is 1. The molecule has 0 atom stereocenters. The predicted molar refractivity (Wildman–Crippen MR) is 73.8 cm³/mol. The van der Waals surface area contributed by atoms with Crippen LogP contribution >= 0.6 is 11.6 Å². The van der Waals surface area contributed by atoms with Crippen molar-refractivity contribution in [2.45, 2.75) is 6.42 Å². The minimum atomic E-state index is -0.384. The number of rotatable bonds is 1. The molecule has 0 fully saturated rings. The fourth-order valence-corrected chi connectivity index (χ4v) is 2.45. The molecule has 0 aromatic heterocycles. The molecule has 1 aliphatic heterocycles. The summed E-state index contributed by atoms with van der Waals surface area (Å²) in [7, 11) is 0. The van der Waals surface area contributed by atoms with Crippen LogP contribution in [0, 0.1) is 5.82 Å². The molecule has 3 rings (SSSR count). The number of Topliss-reactive ketones (excluding diaryl/α,β-unsaturated/α-hetero) is 1. The maximum atomic E-state index is 13.3. The molecule has 2 aromatic rings. The molecule has 0 radical (unpaired) electrons. The average Bonchev–Trinajstić information content (AvgIpc) is 2.41. The van der Waals surface area contributed by atoms with Gasteiger partial charge in [-0.3, -0.25) is 4.79 Å². The number of ketones is 1. The number of fused-ring (bicyclic) bond motifs is 1. The van der Waals surface area contributed by atoms with Crippen molar-refractivity contribution in [1.82, 2.24) is 0 Å². The quantitative estimate of drug-likeness (QED) is 0.777. The van der Waals surface area contributed by atoms with Crippen LogP contribution in [0.4, 0.5) is 15.8 Å². The van der Waals surface area contributed by atoms with Crippen molar-refractivity contribution in [3.63, 3.8) is 0 Å². The Morgan fingerprint density at radius 3 is 2.58 bits per heavy atom. The molecule has 0 N–H and O–H groups in total. The molecule has 1 aliphatic rings. The van der Waals surface area contributed by atoms with Gasteiger partial charge < -0.3 is 4.90 Å². The predicted octanol–water partition coefficient (Wildman–Crippen LogP) is 4.20. The van der Waals surface area contributed by atoms with Crippen LogP contribution in [0.1, 0.15) is 16.8 Å². The van der Waals surface area contributed by atoms with E-state index in [1.807, 2.05) is 17.0 Å². The van der Waals surface area contributed by atoms with Gasteiger partial charge in [-0.25, -0.2) is 4.39 Å². The summed E-state index contributed by atoms with van der Waals surface area (Å²) in [5.41, 5.74) is 2.14. The zero-order valence-corrected chi connectivity index (χ0v) is 10.8.